The second-order valence-electron chi connectivity index (χ2n) is 10.1. The monoisotopic (exact) mass is 676 g/mol. The Bertz CT molecular complexity index is 1530. The van der Waals surface area contributed by atoms with Crippen LogP contribution in [-0.4, -0.2) is 87.6 Å². The smallest absolute Gasteiger partial charge is 0.489 e. The van der Waals surface area contributed by atoms with Gasteiger partial charge in [-0.1, -0.05) is 18.2 Å². The van der Waals surface area contributed by atoms with Crippen molar-refractivity contribution in [3.05, 3.63) is 71.4 Å². The highest BCUT2D eigenvalue weighted by Gasteiger charge is 2.39. The Morgan fingerprint density at radius 1 is 0.957 bits per heavy atom. The minimum atomic E-state index is -5.08. The normalized spacial score (nSPS) is 16.4. The molecule has 1 aliphatic heterocycles. The Labute approximate surface area is 262 Å². The summed E-state index contributed by atoms with van der Waals surface area (Å²) in [5.74, 6) is -6.08. The molecule has 12 nitrogen and oxygen atoms in total. The summed E-state index contributed by atoms with van der Waals surface area (Å²) >= 11 is 0. The van der Waals surface area contributed by atoms with Crippen molar-refractivity contribution in [2.75, 3.05) is 20.1 Å². The molecule has 0 radical (unpaired) electrons. The summed E-state index contributed by atoms with van der Waals surface area (Å²) in [4.78, 5) is 49.2. The molecule has 2 aromatic carbocycles. The van der Waals surface area contributed by atoms with Crippen molar-refractivity contribution < 1.29 is 65.7 Å². The number of fused-ring (bicyclic) bond motifs is 1. The lowest BCUT2D eigenvalue weighted by Gasteiger charge is -2.35. The molecule has 0 aliphatic carbocycles. The van der Waals surface area contributed by atoms with Crippen LogP contribution < -0.4 is 15.5 Å². The van der Waals surface area contributed by atoms with Gasteiger partial charge in [-0.3, -0.25) is 19.8 Å². The third kappa shape index (κ3) is 12.0. The number of piperidine rings is 1. The van der Waals surface area contributed by atoms with E-state index >= 15 is 0 Å². The standard InChI is InChI=1S/C25H28N4O4.2C2HF3O2/c1-16-13-18(20-5-3-4-6-22(20)26-16)15-33-19-9-7-17(8-10-19)24(30)27-23-14-29(2)12-11-21(23)25(31)28-32;2*3-2(4,5)1(6)7/h3-10,13,21,23,32H,11-12,14-15H2,1-2H3,(H,27,30)(H,28,31);2*(H,6,7)/t21-,23+;;/m0../s1. The number of benzene rings is 2. The molecule has 18 heteroatoms. The summed E-state index contributed by atoms with van der Waals surface area (Å²) < 4.78 is 69.4. The van der Waals surface area contributed by atoms with Gasteiger partial charge in [-0.25, -0.2) is 15.1 Å². The number of likely N-dealkylation sites (N-methyl/N-ethyl adjacent to an activating group) is 1. The first-order valence-corrected chi connectivity index (χ1v) is 13.4. The van der Waals surface area contributed by atoms with Crippen LogP contribution in [0.3, 0.4) is 0 Å². The van der Waals surface area contributed by atoms with Gasteiger partial charge in [0, 0.05) is 28.8 Å². The first kappa shape index (κ1) is 38.2. The zero-order valence-corrected chi connectivity index (χ0v) is 24.7. The van der Waals surface area contributed by atoms with Gasteiger partial charge in [-0.05, 0) is 63.3 Å². The minimum absolute atomic E-state index is 0.270. The number of nitrogens with one attached hydrogen (secondary N) is 2. The molecule has 0 saturated carbocycles. The number of pyridine rings is 1. The summed E-state index contributed by atoms with van der Waals surface area (Å²) in [6.07, 6.45) is -9.61. The number of carboxylic acids is 2. The van der Waals surface area contributed by atoms with Crippen LogP contribution in [0.15, 0.2) is 54.6 Å². The number of ether oxygens (including phenoxy) is 1. The SMILES string of the molecule is Cc1cc(COc2ccc(C(=O)N[C@@H]3CN(C)CC[C@@H]3C(=O)NO)cc2)c2ccccc2n1.O=C(O)C(F)(F)F.O=C(O)C(F)(F)F. The second kappa shape index (κ2) is 16.5. The van der Waals surface area contributed by atoms with Crippen LogP contribution in [0.25, 0.3) is 10.9 Å². The highest BCUT2D eigenvalue weighted by molar-refractivity contribution is 5.95. The molecule has 0 spiro atoms. The third-order valence-electron chi connectivity index (χ3n) is 6.51. The van der Waals surface area contributed by atoms with Crippen LogP contribution in [0.5, 0.6) is 5.75 Å². The van der Waals surface area contributed by atoms with Crippen LogP contribution in [0.2, 0.25) is 0 Å². The molecule has 3 aromatic rings. The molecule has 47 heavy (non-hydrogen) atoms. The average molecular weight is 677 g/mol. The number of hydroxylamine groups is 1. The predicted molar refractivity (Wildman–Crippen MR) is 151 cm³/mol. The number of hydrogen-bond acceptors (Lipinski definition) is 8. The van der Waals surface area contributed by atoms with Gasteiger partial charge in [0.25, 0.3) is 5.91 Å². The van der Waals surface area contributed by atoms with E-state index in [4.69, 9.17) is 29.7 Å². The molecule has 1 fully saturated rings. The first-order valence-electron chi connectivity index (χ1n) is 13.4. The molecule has 2 heterocycles. The number of aromatic nitrogens is 1. The van der Waals surface area contributed by atoms with Crippen LogP contribution >= 0.6 is 0 Å². The molecule has 4 rings (SSSR count). The molecule has 5 N–H and O–H groups in total. The maximum absolute atomic E-state index is 12.8. The quantitative estimate of drug-likeness (QED) is 0.146. The zero-order chi connectivity index (χ0) is 35.5. The Morgan fingerprint density at radius 3 is 2.04 bits per heavy atom. The lowest BCUT2D eigenvalue weighted by Crippen LogP contribution is -2.55. The maximum Gasteiger partial charge on any atom is 0.490 e. The highest BCUT2D eigenvalue weighted by Crippen LogP contribution is 2.22. The minimum Gasteiger partial charge on any atom is -0.489 e. The highest BCUT2D eigenvalue weighted by atomic mass is 19.4. The Kier molecular flexibility index (Phi) is 13.5. The summed E-state index contributed by atoms with van der Waals surface area (Å²) in [7, 11) is 1.94. The van der Waals surface area contributed by atoms with E-state index in [1.54, 1.807) is 29.7 Å². The van der Waals surface area contributed by atoms with E-state index in [0.717, 1.165) is 28.7 Å². The van der Waals surface area contributed by atoms with E-state index in [1.807, 2.05) is 49.2 Å². The summed E-state index contributed by atoms with van der Waals surface area (Å²) in [5.41, 5.74) is 5.11. The van der Waals surface area contributed by atoms with E-state index in [9.17, 15) is 35.9 Å². The fourth-order valence-corrected chi connectivity index (χ4v) is 4.29. The summed E-state index contributed by atoms with van der Waals surface area (Å²) in [6.45, 7) is 3.61. The number of halogens is 6. The number of aliphatic carboxylic acids is 2. The van der Waals surface area contributed by atoms with Gasteiger partial charge in [0.15, 0.2) is 0 Å². The molecule has 0 bridgehead atoms. The molecule has 1 aromatic heterocycles. The van der Waals surface area contributed by atoms with E-state index in [2.05, 4.69) is 10.3 Å². The van der Waals surface area contributed by atoms with Crippen molar-refractivity contribution in [3.63, 3.8) is 0 Å². The number of carbonyl (C=O) groups is 4. The zero-order valence-electron chi connectivity index (χ0n) is 24.7. The molecule has 256 valence electrons. The van der Waals surface area contributed by atoms with E-state index in [-0.39, 0.29) is 11.9 Å². The predicted octanol–water partition coefficient (Wildman–Crippen LogP) is 3.94. The number of likely N-dealkylation sites (tertiary alicyclic amines) is 1. The maximum atomic E-state index is 12.8. The largest absolute Gasteiger partial charge is 0.490 e. The van der Waals surface area contributed by atoms with Gasteiger partial charge in [0.05, 0.1) is 17.5 Å². The van der Waals surface area contributed by atoms with Crippen molar-refractivity contribution in [2.45, 2.75) is 38.3 Å². The van der Waals surface area contributed by atoms with E-state index in [1.165, 1.54) is 0 Å². The topological polar surface area (TPSA) is 178 Å². The molecule has 1 aliphatic rings. The number of aryl methyl sites for hydroxylation is 1. The van der Waals surface area contributed by atoms with Crippen LogP contribution in [0.1, 0.15) is 28.0 Å². The molecular formula is C29H30F6N4O8. The van der Waals surface area contributed by atoms with Crippen LogP contribution in [-0.2, 0) is 21.0 Å². The van der Waals surface area contributed by atoms with Crippen LogP contribution in [0, 0.1) is 12.8 Å². The van der Waals surface area contributed by atoms with Crippen molar-refractivity contribution in [3.8, 4) is 5.75 Å². The van der Waals surface area contributed by atoms with Crippen molar-refractivity contribution in [1.82, 2.24) is 20.7 Å². The number of nitrogens with zero attached hydrogens (tertiary/aromatic N) is 2. The third-order valence-corrected chi connectivity index (χ3v) is 6.51. The number of hydrogen-bond donors (Lipinski definition) is 5. The van der Waals surface area contributed by atoms with Gasteiger partial charge >= 0.3 is 24.3 Å². The van der Waals surface area contributed by atoms with Gasteiger partial charge in [-0.15, -0.1) is 0 Å². The van der Waals surface area contributed by atoms with Crippen molar-refractivity contribution in [2.24, 2.45) is 5.92 Å². The van der Waals surface area contributed by atoms with Crippen molar-refractivity contribution in [1.29, 1.82) is 0 Å². The van der Waals surface area contributed by atoms with Gasteiger partial charge in [-0.2, -0.15) is 26.3 Å². The fraction of sp³-hybridized carbons (Fsp3) is 0.345. The summed E-state index contributed by atoms with van der Waals surface area (Å²) in [6, 6.07) is 16.5. The number of alkyl halides is 6. The lowest BCUT2D eigenvalue weighted by atomic mass is 9.91. The van der Waals surface area contributed by atoms with Crippen LogP contribution in [0.4, 0.5) is 26.3 Å². The Morgan fingerprint density at radius 2 is 1.51 bits per heavy atom. The summed E-state index contributed by atoms with van der Waals surface area (Å²) in [5, 5.41) is 27.3. The van der Waals surface area contributed by atoms with Gasteiger partial charge in [0.2, 0.25) is 5.91 Å². The molecule has 2 atom stereocenters. The van der Waals surface area contributed by atoms with Gasteiger partial charge < -0.3 is 25.2 Å². The number of amides is 2. The lowest BCUT2D eigenvalue weighted by molar-refractivity contribution is -0.193. The number of rotatable bonds is 6. The number of carbonyl (C=O) groups excluding carboxylic acids is 2. The fourth-order valence-electron chi connectivity index (χ4n) is 4.29. The van der Waals surface area contributed by atoms with E-state index < -0.39 is 36.1 Å². The average Bonchev–Trinajstić information content (AvgIpc) is 2.99. The molecular weight excluding hydrogens is 646 g/mol. The Hall–Kier alpha value is -4.97. The van der Waals surface area contributed by atoms with Gasteiger partial charge in [0.1, 0.15) is 12.4 Å². The number of carboxylic acid groups (broad SMARTS) is 2. The van der Waals surface area contributed by atoms with Crippen molar-refractivity contribution >= 4 is 34.7 Å². The van der Waals surface area contributed by atoms with E-state index in [0.29, 0.717) is 30.9 Å². The molecule has 2 amide bonds. The Balaban J connectivity index is 0.000000459. The molecule has 0 unspecified atom stereocenters. The second-order valence-corrected chi connectivity index (χ2v) is 10.1. The first-order chi connectivity index (χ1) is 21.8. The number of para-hydroxylation sites is 1. The molecule has 1 saturated heterocycles.